The van der Waals surface area contributed by atoms with Crippen LogP contribution in [0, 0.1) is 148 Å². The third-order valence-corrected chi connectivity index (χ3v) is 35.6. The molecule has 12 aliphatic rings. The van der Waals surface area contributed by atoms with Crippen molar-refractivity contribution >= 4 is 37.7 Å². The van der Waals surface area contributed by atoms with E-state index in [1.807, 2.05) is 6.07 Å². The van der Waals surface area contributed by atoms with Gasteiger partial charge in [0.15, 0.2) is 46.3 Å². The van der Waals surface area contributed by atoms with Gasteiger partial charge in [0.1, 0.15) is 5.78 Å². The molecule has 0 radical (unpaired) electrons. The molecule has 11 fully saturated rings. The summed E-state index contributed by atoms with van der Waals surface area (Å²) in [6.45, 7) is 23.7. The molecule has 4 aromatic rings. The van der Waals surface area contributed by atoms with Gasteiger partial charge in [0.05, 0.1) is 34.5 Å². The molecule has 22 heteroatoms. The number of unbranched alkanes of at least 4 members (excludes halogenated alkanes) is 1. The molecule has 2 N–H and O–H groups in total. The number of hydrogen-bond acceptors (Lipinski definition) is 9. The normalized spacial score (nSPS) is 30.4. The average molecular weight is 2040 g/mol. The summed E-state index contributed by atoms with van der Waals surface area (Å²) in [5.74, 6) is 7.08. The first-order valence-corrected chi connectivity index (χ1v) is 57.2. The van der Waals surface area contributed by atoms with Gasteiger partial charge in [-0.2, -0.15) is 24.0 Å². The number of carbonyl (C=O) groups is 1. The second-order valence-electron chi connectivity index (χ2n) is 43.9. The number of hydrogen-bond donors (Lipinski definition) is 2. The first kappa shape index (κ1) is 121. The van der Waals surface area contributed by atoms with E-state index in [4.69, 9.17) is 36.5 Å². The summed E-state index contributed by atoms with van der Waals surface area (Å²) in [4.78, 5) is 11.2. The SMILES string of the molecule is CCC1CCC(C2CCC(=O)CC2)CC1.CCCC1CCC(Oc2ccc(Br)c(F)c2F)C1.CCCC1CCC(Oc2ccc(C3(O)CCC(C4CCC(CC)CC4)CC3)c(F)c2F)C1.CCCC1CCC(Oc2ccc(C3=CCC(C4CCC(CC)CC4)CC3)c(F)c2F)C1.CCCC1CCC(Oc2ccc(C3CCC(C4CCC(CC)CC4)CC3)c(F)c2F)C1.O=S(=O)([O-])O.[CH2-]CCC.[HH].[K+].[Li+]. The second-order valence-corrected chi connectivity index (χ2v) is 45.6. The molecule has 0 spiro atoms. The van der Waals surface area contributed by atoms with Crippen molar-refractivity contribution in [1.82, 2.24) is 0 Å². The van der Waals surface area contributed by atoms with Gasteiger partial charge in [0.25, 0.3) is 0 Å². The van der Waals surface area contributed by atoms with E-state index in [2.05, 4.69) is 91.2 Å². The monoisotopic (exact) mass is 2040 g/mol. The molecule has 0 heterocycles. The fraction of sp³-hybridized carbons (Fsp3) is 0.759. The molecular weight excluding hydrogens is 1860 g/mol. The minimum absolute atomic E-state index is 0. The summed E-state index contributed by atoms with van der Waals surface area (Å²) < 4.78 is 173. The Hall–Kier alpha value is -2.53. The Morgan fingerprint density at radius 2 is 0.681 bits per heavy atom. The number of carbonyl (C=O) groups excluding carboxylic acids is 1. The molecule has 9 atom stereocenters. The second kappa shape index (κ2) is 62.1. The first-order valence-electron chi connectivity index (χ1n) is 55.1. The largest absolute Gasteiger partial charge is 1.00 e. The Labute approximate surface area is 893 Å². The molecule has 16 rings (SSSR count). The minimum atomic E-state index is -4.92. The van der Waals surface area contributed by atoms with Crippen molar-refractivity contribution in [2.24, 2.45) is 94.7 Å². The smallest absolute Gasteiger partial charge is 0.726 e. The first-order chi connectivity index (χ1) is 65.4. The van der Waals surface area contributed by atoms with Gasteiger partial charge in [0.2, 0.25) is 33.7 Å². The molecule has 772 valence electrons. The number of ether oxygens (including phenoxy) is 4. The molecule has 0 saturated heterocycles. The van der Waals surface area contributed by atoms with Crippen LogP contribution < -0.4 is 89.2 Å². The zero-order valence-electron chi connectivity index (χ0n) is 86.8. The summed E-state index contributed by atoms with van der Waals surface area (Å²) in [5, 5.41) is 11.3. The van der Waals surface area contributed by atoms with Crippen LogP contribution in [0.3, 0.4) is 0 Å². The van der Waals surface area contributed by atoms with Crippen LogP contribution in [0.25, 0.3) is 5.57 Å². The standard InChI is InChI=1S/C28H42F2O2.C28H42F2O.C28H40F2O.C14H17BrF2O.C14H24O.C4H9.K.Li.H2O4S.H2/c1-3-5-20-8-11-23(18-20)32-25-13-12-24(26(29)27(25)30)28(31)16-14-22(15-17-28)21-9-6-19(4-2)7-10-21;2*1-3-5-20-8-15-24(18-20)31-26-17-16-25(27(29)28(26)30)23-13-11-22(12-14-23)21-9-6-19(4-2)7-10-21;1-2-3-9-4-5-10(8-9)18-12-7-6-11(15)13(16)14(12)17;1-2-11-3-5-12(6-4-11)13-7-9-14(15)10-8-13;1-3-4-2;;;1-5(2,3)4;/h12-13,19-23,31H,3-11,14-18H2,1-2H3;16-17,19-24H,3-15,18H2,1-2H3;13,16-17,19-22,24H,3-12,14-15,18H2,1-2H3;6-7,9-10H,2-5,8H2,1H3;11-13H,2-10H2,1H3;1,3-4H2,2H3;;;(H2,1,2,3,4);1H/q;;;;;-1;2*+1;;/p-1. The fourth-order valence-corrected chi connectivity index (χ4v) is 26.6. The summed E-state index contributed by atoms with van der Waals surface area (Å²) in [6, 6.07) is 13.0. The minimum Gasteiger partial charge on any atom is -0.726 e. The van der Waals surface area contributed by atoms with E-state index in [1.165, 1.54) is 224 Å². The number of Topliss-reactive ketones (excluding diaryl/α,β-unsaturated/α-hetero) is 1. The molecule has 11 saturated carbocycles. The van der Waals surface area contributed by atoms with E-state index < -0.39 is 62.5 Å². The van der Waals surface area contributed by atoms with Crippen LogP contribution in [-0.2, 0) is 20.8 Å². The number of rotatable bonds is 28. The molecule has 0 aromatic heterocycles. The van der Waals surface area contributed by atoms with Crippen molar-refractivity contribution in [3.63, 3.8) is 0 Å². The van der Waals surface area contributed by atoms with E-state index in [9.17, 15) is 40.6 Å². The Kier molecular flexibility index (Phi) is 54.3. The van der Waals surface area contributed by atoms with Gasteiger partial charge in [-0.15, -0.1) is 0 Å². The maximum absolute atomic E-state index is 15.1. The van der Waals surface area contributed by atoms with Gasteiger partial charge >= 0.3 is 70.2 Å². The van der Waals surface area contributed by atoms with Gasteiger partial charge in [0, 0.05) is 25.4 Å². The van der Waals surface area contributed by atoms with Gasteiger partial charge in [-0.05, 0) is 382 Å². The van der Waals surface area contributed by atoms with Crippen molar-refractivity contribution < 1.29 is 153 Å². The third kappa shape index (κ3) is 37.3. The number of benzene rings is 4. The quantitative estimate of drug-likeness (QED) is 0.0140. The van der Waals surface area contributed by atoms with Crippen LogP contribution >= 0.6 is 15.9 Å². The maximum Gasteiger partial charge on any atom is 1.00 e. The molecule has 138 heavy (non-hydrogen) atoms. The van der Waals surface area contributed by atoms with Crippen LogP contribution in [0.5, 0.6) is 23.0 Å². The zero-order chi connectivity index (χ0) is 98.0. The van der Waals surface area contributed by atoms with Crippen LogP contribution in [0.15, 0.2) is 59.1 Å². The Balaban J connectivity index is 0.000000235. The van der Waals surface area contributed by atoms with Gasteiger partial charge in [-0.3, -0.25) is 9.35 Å². The summed E-state index contributed by atoms with van der Waals surface area (Å²) >= 11 is 2.95. The van der Waals surface area contributed by atoms with Crippen LogP contribution in [-0.4, -0.2) is 52.8 Å². The van der Waals surface area contributed by atoms with E-state index >= 15 is 4.39 Å². The number of ketones is 1. The summed E-state index contributed by atoms with van der Waals surface area (Å²) in [6.07, 6.45) is 67.5. The van der Waals surface area contributed by atoms with Crippen molar-refractivity contribution in [2.45, 2.75) is 464 Å². The van der Waals surface area contributed by atoms with Gasteiger partial charge in [-0.1, -0.05) is 209 Å². The molecule has 0 amide bonds. The van der Waals surface area contributed by atoms with E-state index in [1.54, 1.807) is 24.3 Å². The average Bonchev–Trinajstić information content (AvgIpc) is 1.11. The Bertz CT molecular complexity index is 4310. The molecule has 0 aliphatic heterocycles. The summed E-state index contributed by atoms with van der Waals surface area (Å²) in [7, 11) is -4.92. The van der Waals surface area contributed by atoms with Crippen molar-refractivity contribution in [3.05, 3.63) is 129 Å². The number of aliphatic hydroxyl groups is 1. The molecule has 10 nitrogen and oxygen atoms in total. The molecule has 12 aliphatic carbocycles. The number of halogens is 9. The Morgan fingerprint density at radius 3 is 1.03 bits per heavy atom. The van der Waals surface area contributed by atoms with E-state index in [0.717, 1.165) is 218 Å². The predicted molar refractivity (Wildman–Crippen MR) is 540 cm³/mol. The van der Waals surface area contributed by atoms with Crippen LogP contribution in [0.2, 0.25) is 0 Å². The van der Waals surface area contributed by atoms with Gasteiger partial charge in [-0.25, -0.2) is 26.0 Å². The molecular formula is C116H177BrF8KLiO10S. The van der Waals surface area contributed by atoms with Crippen LogP contribution in [0.4, 0.5) is 35.1 Å². The maximum atomic E-state index is 15.1. The van der Waals surface area contributed by atoms with Gasteiger partial charge < -0.3 is 35.5 Å². The van der Waals surface area contributed by atoms with Crippen molar-refractivity contribution in [3.8, 4) is 23.0 Å². The molecule has 0 bridgehead atoms. The number of allylic oxidation sites excluding steroid dienone is 2. The van der Waals surface area contributed by atoms with Crippen LogP contribution in [0.1, 0.15) is 452 Å². The van der Waals surface area contributed by atoms with Crippen molar-refractivity contribution in [1.29, 1.82) is 0 Å². The molecule has 4 aromatic carbocycles. The molecule has 9 unspecified atom stereocenters. The van der Waals surface area contributed by atoms with E-state index in [0.29, 0.717) is 59.3 Å². The fourth-order valence-electron chi connectivity index (χ4n) is 26.3. The predicted octanol–water partition coefficient (Wildman–Crippen LogP) is 29.3. The van der Waals surface area contributed by atoms with E-state index in [-0.39, 0.29) is 135 Å². The summed E-state index contributed by atoms with van der Waals surface area (Å²) in [5.41, 5.74) is 0.845. The topological polar surface area (TPSA) is 152 Å². The zero-order valence-corrected chi connectivity index (χ0v) is 92.3. The third-order valence-electron chi connectivity index (χ3n) is 35.0. The van der Waals surface area contributed by atoms with Crippen molar-refractivity contribution in [2.75, 3.05) is 0 Å². The Morgan fingerprint density at radius 1 is 0.384 bits per heavy atom.